The lowest BCUT2D eigenvalue weighted by molar-refractivity contribution is 0.246. The maximum absolute atomic E-state index is 11.8. The predicted molar refractivity (Wildman–Crippen MR) is 91.8 cm³/mol. The van der Waals surface area contributed by atoms with Crippen molar-refractivity contribution in [2.24, 2.45) is 0 Å². The number of anilines is 1. The van der Waals surface area contributed by atoms with E-state index in [0.29, 0.717) is 6.54 Å². The number of sulfonamides is 1. The zero-order valence-corrected chi connectivity index (χ0v) is 14.6. The summed E-state index contributed by atoms with van der Waals surface area (Å²) in [6.07, 6.45) is 2.37. The maximum Gasteiger partial charge on any atom is 0.211 e. The molecular weight excluding hydrogens is 298 g/mol. The van der Waals surface area contributed by atoms with E-state index in [9.17, 15) is 8.42 Å². The fraction of sp³-hybridized carbons (Fsp3) is 0.625. The van der Waals surface area contributed by atoms with E-state index in [1.165, 1.54) is 18.4 Å². The van der Waals surface area contributed by atoms with E-state index in [-0.39, 0.29) is 11.8 Å². The van der Waals surface area contributed by atoms with Gasteiger partial charge in [-0.25, -0.2) is 13.1 Å². The van der Waals surface area contributed by atoms with Crippen LogP contribution in [-0.4, -0.2) is 52.8 Å². The molecule has 0 spiro atoms. The average molecular weight is 325 g/mol. The van der Waals surface area contributed by atoms with Crippen molar-refractivity contribution < 1.29 is 8.42 Å². The lowest BCUT2D eigenvalue weighted by Gasteiger charge is -2.28. The Bertz CT molecular complexity index is 564. The maximum atomic E-state index is 11.8. The van der Waals surface area contributed by atoms with Gasteiger partial charge in [0, 0.05) is 32.4 Å². The predicted octanol–water partition coefficient (Wildman–Crippen LogP) is 1.83. The third kappa shape index (κ3) is 4.44. The van der Waals surface area contributed by atoms with Crippen LogP contribution in [-0.2, 0) is 10.0 Å². The molecule has 1 N–H and O–H groups in total. The highest BCUT2D eigenvalue weighted by Gasteiger charge is 2.24. The number of nitrogens with zero attached hydrogens (tertiary/aromatic N) is 2. The Kier molecular flexibility index (Phi) is 5.83. The molecule has 0 amide bonds. The molecule has 0 radical (unpaired) electrons. The number of likely N-dealkylation sites (tertiary alicyclic amines) is 1. The van der Waals surface area contributed by atoms with E-state index in [2.05, 4.69) is 38.8 Å². The van der Waals surface area contributed by atoms with Crippen LogP contribution < -0.4 is 9.62 Å². The Morgan fingerprint density at radius 3 is 2.27 bits per heavy atom. The highest BCUT2D eigenvalue weighted by atomic mass is 32.2. The molecular formula is C16H27N3O2S. The molecule has 0 aliphatic carbocycles. The first-order valence-corrected chi connectivity index (χ1v) is 9.57. The summed E-state index contributed by atoms with van der Waals surface area (Å²) in [6, 6.07) is 8.51. The van der Waals surface area contributed by atoms with Crippen molar-refractivity contribution in [1.29, 1.82) is 0 Å². The molecule has 1 atom stereocenters. The quantitative estimate of drug-likeness (QED) is 0.831. The fourth-order valence-electron chi connectivity index (χ4n) is 2.81. The van der Waals surface area contributed by atoms with Crippen molar-refractivity contribution in [3.05, 3.63) is 29.8 Å². The number of hydrogen-bond acceptors (Lipinski definition) is 4. The van der Waals surface area contributed by atoms with Gasteiger partial charge in [-0.2, -0.15) is 0 Å². The van der Waals surface area contributed by atoms with Crippen LogP contribution in [0.1, 0.15) is 31.4 Å². The molecule has 124 valence electrons. The first-order chi connectivity index (χ1) is 10.4. The summed E-state index contributed by atoms with van der Waals surface area (Å²) in [5.74, 6) is 0.124. The van der Waals surface area contributed by atoms with Gasteiger partial charge in [0.25, 0.3) is 0 Å². The molecule has 1 fully saturated rings. The topological polar surface area (TPSA) is 52.7 Å². The smallest absolute Gasteiger partial charge is 0.211 e. The van der Waals surface area contributed by atoms with Crippen LogP contribution in [0.5, 0.6) is 0 Å². The van der Waals surface area contributed by atoms with Crippen LogP contribution in [0.15, 0.2) is 24.3 Å². The summed E-state index contributed by atoms with van der Waals surface area (Å²) in [4.78, 5) is 4.44. The highest BCUT2D eigenvalue weighted by molar-refractivity contribution is 7.89. The fourth-order valence-corrected chi connectivity index (χ4v) is 3.43. The van der Waals surface area contributed by atoms with Gasteiger partial charge in [0.1, 0.15) is 0 Å². The summed E-state index contributed by atoms with van der Waals surface area (Å²) in [5, 5.41) is 0. The van der Waals surface area contributed by atoms with E-state index < -0.39 is 10.0 Å². The van der Waals surface area contributed by atoms with Gasteiger partial charge in [0.2, 0.25) is 10.0 Å². The minimum absolute atomic E-state index is 0.111. The number of nitrogens with one attached hydrogen (secondary N) is 1. The second-order valence-electron chi connectivity index (χ2n) is 6.00. The van der Waals surface area contributed by atoms with Crippen LogP contribution in [0, 0.1) is 0 Å². The third-order valence-electron chi connectivity index (χ3n) is 4.25. The van der Waals surface area contributed by atoms with Crippen LogP contribution >= 0.6 is 0 Å². The largest absolute Gasteiger partial charge is 0.378 e. The molecule has 1 aromatic rings. The minimum Gasteiger partial charge on any atom is -0.378 e. The van der Waals surface area contributed by atoms with Gasteiger partial charge >= 0.3 is 0 Å². The lowest BCUT2D eigenvalue weighted by Crippen LogP contribution is -2.37. The Hall–Kier alpha value is -1.11. The summed E-state index contributed by atoms with van der Waals surface area (Å²) in [7, 11) is 0.874. The van der Waals surface area contributed by atoms with Gasteiger partial charge in [-0.1, -0.05) is 12.1 Å². The van der Waals surface area contributed by atoms with Crippen molar-refractivity contribution in [3.63, 3.8) is 0 Å². The normalized spacial score (nSPS) is 17.6. The molecule has 1 aliphatic heterocycles. The van der Waals surface area contributed by atoms with Crippen molar-refractivity contribution in [2.75, 3.05) is 44.4 Å². The molecule has 2 rings (SSSR count). The Labute approximate surface area is 134 Å². The molecule has 1 aromatic carbocycles. The van der Waals surface area contributed by atoms with Gasteiger partial charge in [-0.05, 0) is 50.6 Å². The zero-order valence-electron chi connectivity index (χ0n) is 13.7. The monoisotopic (exact) mass is 325 g/mol. The Morgan fingerprint density at radius 2 is 1.77 bits per heavy atom. The van der Waals surface area contributed by atoms with Crippen LogP contribution in [0.2, 0.25) is 0 Å². The van der Waals surface area contributed by atoms with Crippen LogP contribution in [0.25, 0.3) is 0 Å². The molecule has 0 saturated carbocycles. The molecule has 5 nitrogen and oxygen atoms in total. The second-order valence-corrected chi connectivity index (χ2v) is 8.09. The number of benzene rings is 1. The van der Waals surface area contributed by atoms with Crippen LogP contribution in [0.4, 0.5) is 5.69 Å². The van der Waals surface area contributed by atoms with Crippen molar-refractivity contribution in [3.8, 4) is 0 Å². The van der Waals surface area contributed by atoms with Crippen molar-refractivity contribution in [2.45, 2.75) is 25.8 Å². The first kappa shape index (κ1) is 17.2. The van der Waals surface area contributed by atoms with E-state index in [1.807, 2.05) is 14.1 Å². The van der Waals surface area contributed by atoms with E-state index in [1.54, 1.807) is 6.92 Å². The summed E-state index contributed by atoms with van der Waals surface area (Å²) < 4.78 is 26.3. The molecule has 0 aromatic heterocycles. The van der Waals surface area contributed by atoms with Gasteiger partial charge in [-0.3, -0.25) is 4.90 Å². The molecule has 22 heavy (non-hydrogen) atoms. The molecule has 0 bridgehead atoms. The third-order valence-corrected chi connectivity index (χ3v) is 5.62. The van der Waals surface area contributed by atoms with E-state index in [4.69, 9.17) is 0 Å². The summed E-state index contributed by atoms with van der Waals surface area (Å²) >= 11 is 0. The van der Waals surface area contributed by atoms with Gasteiger partial charge in [-0.15, -0.1) is 0 Å². The Balaban J connectivity index is 2.16. The van der Waals surface area contributed by atoms with E-state index in [0.717, 1.165) is 18.8 Å². The van der Waals surface area contributed by atoms with Gasteiger partial charge in [0.05, 0.1) is 5.75 Å². The number of rotatable bonds is 7. The van der Waals surface area contributed by atoms with Crippen LogP contribution in [0.3, 0.4) is 0 Å². The van der Waals surface area contributed by atoms with E-state index >= 15 is 0 Å². The standard InChI is InChI=1S/C16H27N3O2S/c1-4-22(20,21)17-13-16(19-11-5-6-12-19)14-7-9-15(10-8-14)18(2)3/h7-10,16-17H,4-6,11-13H2,1-3H3/t16-/m1/s1. The number of hydrogen-bond donors (Lipinski definition) is 1. The SMILES string of the molecule is CCS(=O)(=O)NC[C@H](c1ccc(N(C)C)cc1)N1CCCC1. The van der Waals surface area contributed by atoms with Crippen molar-refractivity contribution in [1.82, 2.24) is 9.62 Å². The van der Waals surface area contributed by atoms with Crippen molar-refractivity contribution >= 4 is 15.7 Å². The first-order valence-electron chi connectivity index (χ1n) is 7.91. The minimum atomic E-state index is -3.16. The lowest BCUT2D eigenvalue weighted by atomic mass is 10.1. The Morgan fingerprint density at radius 1 is 1.18 bits per heavy atom. The van der Waals surface area contributed by atoms with Gasteiger partial charge < -0.3 is 4.90 Å². The second kappa shape index (κ2) is 7.44. The molecule has 0 unspecified atom stereocenters. The van der Waals surface area contributed by atoms with Gasteiger partial charge in [0.15, 0.2) is 0 Å². The summed E-state index contributed by atoms with van der Waals surface area (Å²) in [5.41, 5.74) is 2.32. The molecule has 6 heteroatoms. The summed E-state index contributed by atoms with van der Waals surface area (Å²) in [6.45, 7) is 4.18. The average Bonchev–Trinajstić information content (AvgIpc) is 3.02. The molecule has 1 aliphatic rings. The molecule has 1 saturated heterocycles. The molecule has 1 heterocycles. The zero-order chi connectivity index (χ0) is 16.2. The highest BCUT2D eigenvalue weighted by Crippen LogP contribution is 2.26.